The van der Waals surface area contributed by atoms with E-state index in [4.69, 9.17) is 27.9 Å². The number of aromatic nitrogens is 1. The summed E-state index contributed by atoms with van der Waals surface area (Å²) < 4.78 is 6.14. The standard InChI is InChI=1S/C33H25Cl2N3O5S2/c34-15-6-9-18(10-7-15)38-31(40)26-20-13-21(27(26)32(38)41)28-25(20)24(29-30(44-28)37-33(42)45-29)19-12-16(35)8-11-22(19)43-14-23(39)36-17-4-2-1-3-5-17/h1-12,20-21,24-28H,13-14H2,(H,36,39)(H,37,42)/t20-,21-,24+,25-,26+,27+,28-/m1/s1. The van der Waals surface area contributed by atoms with Crippen LogP contribution in [0.1, 0.15) is 22.8 Å². The number of carbonyl (C=O) groups excluding carboxylic acids is 3. The van der Waals surface area contributed by atoms with Gasteiger partial charge in [0.25, 0.3) is 5.91 Å². The summed E-state index contributed by atoms with van der Waals surface area (Å²) >= 11 is 15.4. The van der Waals surface area contributed by atoms with Crippen molar-refractivity contribution >= 4 is 75.4 Å². The summed E-state index contributed by atoms with van der Waals surface area (Å²) in [5, 5.41) is 4.63. The largest absolute Gasteiger partial charge is 0.483 e. The van der Waals surface area contributed by atoms with Gasteiger partial charge in [-0.2, -0.15) is 0 Å². The van der Waals surface area contributed by atoms with Crippen molar-refractivity contribution in [3.63, 3.8) is 0 Å². The third-order valence-corrected chi connectivity index (χ3v) is 12.6. The number of ether oxygens (including phenoxy) is 1. The molecule has 228 valence electrons. The van der Waals surface area contributed by atoms with Crippen molar-refractivity contribution in [3.8, 4) is 5.75 Å². The lowest BCUT2D eigenvalue weighted by Crippen LogP contribution is -2.42. The number of rotatable bonds is 6. The first-order chi connectivity index (χ1) is 21.8. The summed E-state index contributed by atoms with van der Waals surface area (Å²) in [6.07, 6.45) is 0.746. The Morgan fingerprint density at radius 2 is 1.64 bits per heavy atom. The molecule has 3 fully saturated rings. The number of carbonyl (C=O) groups is 3. The minimum absolute atomic E-state index is 0.00544. The lowest BCUT2D eigenvalue weighted by molar-refractivity contribution is -0.123. The van der Waals surface area contributed by atoms with Gasteiger partial charge in [0, 0.05) is 37.3 Å². The minimum Gasteiger partial charge on any atom is -0.483 e. The Kier molecular flexibility index (Phi) is 7.09. The van der Waals surface area contributed by atoms with E-state index in [0.29, 0.717) is 27.2 Å². The molecule has 2 bridgehead atoms. The molecule has 0 radical (unpaired) electrons. The van der Waals surface area contributed by atoms with Crippen molar-refractivity contribution in [1.82, 2.24) is 4.98 Å². The van der Waals surface area contributed by atoms with Crippen LogP contribution in [0.3, 0.4) is 0 Å². The third-order valence-electron chi connectivity index (χ3n) is 9.53. The van der Waals surface area contributed by atoms with Crippen LogP contribution < -0.4 is 19.8 Å². The fraction of sp³-hybridized carbons (Fsp3) is 0.273. The van der Waals surface area contributed by atoms with Gasteiger partial charge in [-0.25, -0.2) is 0 Å². The van der Waals surface area contributed by atoms with Gasteiger partial charge < -0.3 is 15.0 Å². The van der Waals surface area contributed by atoms with Crippen molar-refractivity contribution in [2.75, 3.05) is 16.8 Å². The highest BCUT2D eigenvalue weighted by Gasteiger charge is 2.69. The zero-order chi connectivity index (χ0) is 31.0. The topological polar surface area (TPSA) is 109 Å². The number of H-pyrrole nitrogens is 1. The average Bonchev–Trinajstić information content (AvgIpc) is 3.76. The quantitative estimate of drug-likeness (QED) is 0.228. The van der Waals surface area contributed by atoms with E-state index in [0.717, 1.165) is 33.2 Å². The molecule has 2 N–H and O–H groups in total. The number of fused-ring (bicyclic) bond motifs is 9. The number of aromatic amines is 1. The van der Waals surface area contributed by atoms with E-state index in [9.17, 15) is 19.2 Å². The Morgan fingerprint density at radius 3 is 2.40 bits per heavy atom. The van der Waals surface area contributed by atoms with Crippen LogP contribution in [0.5, 0.6) is 5.75 Å². The van der Waals surface area contributed by atoms with E-state index >= 15 is 0 Å². The maximum absolute atomic E-state index is 14.0. The van der Waals surface area contributed by atoms with Crippen LogP contribution in [-0.4, -0.2) is 34.6 Å². The number of thiazole rings is 1. The van der Waals surface area contributed by atoms with Gasteiger partial charge in [-0.3, -0.25) is 24.1 Å². The number of hydrogen-bond donors (Lipinski definition) is 2. The summed E-state index contributed by atoms with van der Waals surface area (Å²) in [5.41, 5.74) is 1.95. The third kappa shape index (κ3) is 4.72. The van der Waals surface area contributed by atoms with Crippen LogP contribution in [0, 0.1) is 29.6 Å². The number of amides is 3. The van der Waals surface area contributed by atoms with Gasteiger partial charge in [0.1, 0.15) is 5.75 Å². The monoisotopic (exact) mass is 677 g/mol. The number of para-hydroxylation sites is 1. The molecule has 1 saturated heterocycles. The number of anilines is 2. The van der Waals surface area contributed by atoms with Crippen molar-refractivity contribution in [1.29, 1.82) is 0 Å². The molecule has 2 aliphatic heterocycles. The molecule has 8 rings (SSSR count). The van der Waals surface area contributed by atoms with Gasteiger partial charge >= 0.3 is 4.87 Å². The second-order valence-electron chi connectivity index (χ2n) is 11.8. The molecule has 0 spiro atoms. The first kappa shape index (κ1) is 28.9. The van der Waals surface area contributed by atoms with E-state index in [-0.39, 0.29) is 58.1 Å². The highest BCUT2D eigenvalue weighted by atomic mass is 35.5. The molecule has 8 nitrogen and oxygen atoms in total. The van der Waals surface area contributed by atoms with Gasteiger partial charge in [-0.05, 0) is 78.8 Å². The Labute approximate surface area is 276 Å². The highest BCUT2D eigenvalue weighted by molar-refractivity contribution is 8.00. The molecule has 3 amide bonds. The van der Waals surface area contributed by atoms with Gasteiger partial charge in [0.05, 0.1) is 22.5 Å². The maximum atomic E-state index is 14.0. The summed E-state index contributed by atoms with van der Waals surface area (Å²) in [4.78, 5) is 58.4. The fourth-order valence-electron chi connectivity index (χ4n) is 7.97. The second kappa shape index (κ2) is 11.0. The van der Waals surface area contributed by atoms with Gasteiger partial charge in [0.15, 0.2) is 6.61 Å². The van der Waals surface area contributed by atoms with Crippen molar-refractivity contribution in [2.24, 2.45) is 29.6 Å². The van der Waals surface area contributed by atoms with E-state index in [2.05, 4.69) is 10.3 Å². The van der Waals surface area contributed by atoms with E-state index in [1.165, 1.54) is 4.90 Å². The lowest BCUT2D eigenvalue weighted by atomic mass is 9.68. The Bertz CT molecular complexity index is 1910. The Hall–Kier alpha value is -3.57. The van der Waals surface area contributed by atoms with Crippen LogP contribution in [0.25, 0.3) is 0 Å². The number of imide groups is 1. The van der Waals surface area contributed by atoms with Gasteiger partial charge in [-0.1, -0.05) is 52.7 Å². The molecular formula is C33H25Cl2N3O5S2. The first-order valence-corrected chi connectivity index (χ1v) is 17.0. The highest BCUT2D eigenvalue weighted by Crippen LogP contribution is 2.69. The molecule has 4 aliphatic rings. The normalized spacial score (nSPS) is 27.7. The van der Waals surface area contributed by atoms with Crippen LogP contribution >= 0.6 is 46.3 Å². The number of halogens is 2. The lowest BCUT2D eigenvalue weighted by Gasteiger charge is -2.43. The molecular weight excluding hydrogens is 653 g/mol. The summed E-state index contributed by atoms with van der Waals surface area (Å²) in [6.45, 7) is -0.227. The first-order valence-electron chi connectivity index (χ1n) is 14.6. The second-order valence-corrected chi connectivity index (χ2v) is 14.9. The molecule has 3 aromatic carbocycles. The SMILES string of the molecule is O=C(COc1ccc(Cl)cc1[C@@H]1c2sc(=O)[nH]c2S[C@@H]2[C@@H]3C[C@@H]([C@@H]4C(=O)N(c5ccc(Cl)cc5)C(=O)[C@@H]34)[C@H]12)Nc1ccccc1. The summed E-state index contributed by atoms with van der Waals surface area (Å²) in [7, 11) is 0. The average molecular weight is 679 g/mol. The van der Waals surface area contributed by atoms with Crippen molar-refractivity contribution < 1.29 is 19.1 Å². The summed E-state index contributed by atoms with van der Waals surface area (Å²) in [6, 6.07) is 21.2. The van der Waals surface area contributed by atoms with Crippen LogP contribution in [0.4, 0.5) is 11.4 Å². The fourth-order valence-corrected chi connectivity index (χ4v) is 11.2. The predicted octanol–water partition coefficient (Wildman–Crippen LogP) is 6.44. The van der Waals surface area contributed by atoms with Crippen molar-refractivity contribution in [2.45, 2.75) is 22.6 Å². The van der Waals surface area contributed by atoms with E-state index in [1.807, 2.05) is 24.3 Å². The number of nitrogens with one attached hydrogen (secondary N) is 2. The Balaban J connectivity index is 1.15. The number of thioether (sulfide) groups is 1. The number of hydrogen-bond acceptors (Lipinski definition) is 7. The molecule has 2 aliphatic carbocycles. The van der Waals surface area contributed by atoms with Gasteiger partial charge in [-0.15, -0.1) is 11.8 Å². The Morgan fingerprint density at radius 1 is 0.933 bits per heavy atom. The molecule has 4 aromatic rings. The van der Waals surface area contributed by atoms with Crippen LogP contribution in [-0.2, 0) is 14.4 Å². The van der Waals surface area contributed by atoms with Crippen molar-refractivity contribution in [3.05, 3.63) is 103 Å². The zero-order valence-electron chi connectivity index (χ0n) is 23.4. The molecule has 7 atom stereocenters. The summed E-state index contributed by atoms with van der Waals surface area (Å²) in [5.74, 6) is -1.56. The molecule has 0 unspecified atom stereocenters. The molecule has 3 heterocycles. The van der Waals surface area contributed by atoms with Crippen LogP contribution in [0.15, 0.2) is 82.6 Å². The number of nitrogens with zero attached hydrogens (tertiary/aromatic N) is 1. The molecule has 45 heavy (non-hydrogen) atoms. The zero-order valence-corrected chi connectivity index (χ0v) is 26.6. The maximum Gasteiger partial charge on any atom is 0.305 e. The molecule has 2 saturated carbocycles. The molecule has 1 aromatic heterocycles. The smallest absolute Gasteiger partial charge is 0.305 e. The van der Waals surface area contributed by atoms with Crippen LogP contribution in [0.2, 0.25) is 10.0 Å². The van der Waals surface area contributed by atoms with E-state index < -0.39 is 11.8 Å². The molecule has 12 heteroatoms. The predicted molar refractivity (Wildman–Crippen MR) is 174 cm³/mol. The minimum atomic E-state index is -0.458. The number of benzene rings is 3. The van der Waals surface area contributed by atoms with E-state index in [1.54, 1.807) is 60.3 Å². The van der Waals surface area contributed by atoms with Gasteiger partial charge in [0.2, 0.25) is 11.8 Å².